The Morgan fingerprint density at radius 2 is 1.88 bits per heavy atom. The van der Waals surface area contributed by atoms with E-state index in [4.69, 9.17) is 0 Å². The topological polar surface area (TPSA) is 44.4 Å². The number of hydrogen-bond donors (Lipinski definition) is 2. The lowest BCUT2D eigenvalue weighted by Gasteiger charge is -2.33. The van der Waals surface area contributed by atoms with Crippen LogP contribution in [0.3, 0.4) is 0 Å². The Balaban J connectivity index is 2.49. The van der Waals surface area contributed by atoms with E-state index in [1.165, 1.54) is 12.8 Å². The molecule has 0 aliphatic carbocycles. The molecule has 0 aromatic heterocycles. The van der Waals surface area contributed by atoms with Crippen LogP contribution in [0.25, 0.3) is 0 Å². The third-order valence-electron chi connectivity index (χ3n) is 3.21. The van der Waals surface area contributed by atoms with Crippen LogP contribution in [0, 0.1) is 5.92 Å². The number of piperidine rings is 1. The number of hydrogen-bond acceptors (Lipinski definition) is 2. The molecule has 1 saturated heterocycles. The first kappa shape index (κ1) is 14.3. The molecule has 0 atom stereocenters. The summed E-state index contributed by atoms with van der Waals surface area (Å²) in [4.78, 5) is 14.0. The van der Waals surface area contributed by atoms with Crippen molar-refractivity contribution >= 4 is 6.03 Å². The highest BCUT2D eigenvalue weighted by molar-refractivity contribution is 5.74. The van der Waals surface area contributed by atoms with Gasteiger partial charge in [-0.2, -0.15) is 0 Å². The van der Waals surface area contributed by atoms with Gasteiger partial charge in [0.1, 0.15) is 0 Å². The van der Waals surface area contributed by atoms with Gasteiger partial charge in [0.2, 0.25) is 0 Å². The second kappa shape index (κ2) is 6.84. The zero-order chi connectivity index (χ0) is 12.8. The Bertz CT molecular complexity index is 235. The zero-order valence-electron chi connectivity index (χ0n) is 11.6. The van der Waals surface area contributed by atoms with Crippen molar-refractivity contribution in [3.8, 4) is 0 Å². The summed E-state index contributed by atoms with van der Waals surface area (Å²) < 4.78 is 0. The van der Waals surface area contributed by atoms with E-state index in [-0.39, 0.29) is 18.1 Å². The Hall–Kier alpha value is -0.770. The molecule has 1 rings (SSSR count). The van der Waals surface area contributed by atoms with E-state index >= 15 is 0 Å². The molecule has 1 fully saturated rings. The van der Waals surface area contributed by atoms with Crippen molar-refractivity contribution in [2.75, 3.05) is 19.6 Å². The second-order valence-corrected chi connectivity index (χ2v) is 5.54. The van der Waals surface area contributed by atoms with E-state index in [0.717, 1.165) is 19.6 Å². The van der Waals surface area contributed by atoms with Crippen LogP contribution >= 0.6 is 0 Å². The third kappa shape index (κ3) is 4.94. The van der Waals surface area contributed by atoms with Crippen molar-refractivity contribution in [1.29, 1.82) is 0 Å². The van der Waals surface area contributed by atoms with Gasteiger partial charge in [0.15, 0.2) is 0 Å². The van der Waals surface area contributed by atoms with Crippen LogP contribution in [-0.2, 0) is 0 Å². The SMILES string of the molecule is CC(C)NC(=O)N(CC1CCNCC1)C(C)C. The lowest BCUT2D eigenvalue weighted by Crippen LogP contribution is -2.49. The molecule has 0 spiro atoms. The fourth-order valence-electron chi connectivity index (χ4n) is 2.20. The summed E-state index contributed by atoms with van der Waals surface area (Å²) in [5.74, 6) is 0.650. The molecule has 2 N–H and O–H groups in total. The van der Waals surface area contributed by atoms with Gasteiger partial charge in [-0.05, 0) is 59.5 Å². The molecule has 2 amide bonds. The standard InChI is InChI=1S/C13H27N3O/c1-10(2)15-13(17)16(11(3)4)9-12-5-7-14-8-6-12/h10-12,14H,5-9H2,1-4H3,(H,15,17). The molecule has 0 aromatic rings. The van der Waals surface area contributed by atoms with Crippen molar-refractivity contribution in [1.82, 2.24) is 15.5 Å². The second-order valence-electron chi connectivity index (χ2n) is 5.54. The molecule has 17 heavy (non-hydrogen) atoms. The van der Waals surface area contributed by atoms with Gasteiger partial charge >= 0.3 is 6.03 Å². The van der Waals surface area contributed by atoms with Crippen LogP contribution in [0.2, 0.25) is 0 Å². The van der Waals surface area contributed by atoms with E-state index in [2.05, 4.69) is 24.5 Å². The van der Waals surface area contributed by atoms with E-state index in [1.54, 1.807) is 0 Å². The van der Waals surface area contributed by atoms with Gasteiger partial charge in [0.05, 0.1) is 0 Å². The van der Waals surface area contributed by atoms with Crippen LogP contribution < -0.4 is 10.6 Å². The summed E-state index contributed by atoms with van der Waals surface area (Å²) >= 11 is 0. The predicted molar refractivity (Wildman–Crippen MR) is 71.1 cm³/mol. The third-order valence-corrected chi connectivity index (χ3v) is 3.21. The minimum Gasteiger partial charge on any atom is -0.336 e. The quantitative estimate of drug-likeness (QED) is 0.788. The number of carbonyl (C=O) groups is 1. The smallest absolute Gasteiger partial charge is 0.317 e. The molecule has 1 aliphatic rings. The largest absolute Gasteiger partial charge is 0.336 e. The Labute approximate surface area is 105 Å². The molecule has 0 bridgehead atoms. The Morgan fingerprint density at radius 1 is 1.29 bits per heavy atom. The Morgan fingerprint density at radius 3 is 2.35 bits per heavy atom. The van der Waals surface area contributed by atoms with E-state index in [1.807, 2.05) is 18.7 Å². The average molecular weight is 241 g/mol. The van der Waals surface area contributed by atoms with Gasteiger partial charge in [-0.1, -0.05) is 0 Å². The fourth-order valence-corrected chi connectivity index (χ4v) is 2.20. The van der Waals surface area contributed by atoms with Crippen molar-refractivity contribution in [2.24, 2.45) is 5.92 Å². The number of carbonyl (C=O) groups excluding carboxylic acids is 1. The average Bonchev–Trinajstić information content (AvgIpc) is 2.25. The molecule has 100 valence electrons. The first-order valence-electron chi connectivity index (χ1n) is 6.78. The molecule has 4 nitrogen and oxygen atoms in total. The summed E-state index contributed by atoms with van der Waals surface area (Å²) in [5, 5.41) is 6.34. The molecular weight excluding hydrogens is 214 g/mol. The normalized spacial score (nSPS) is 17.5. The maximum atomic E-state index is 12.1. The number of rotatable bonds is 4. The van der Waals surface area contributed by atoms with E-state index < -0.39 is 0 Å². The fraction of sp³-hybridized carbons (Fsp3) is 0.923. The number of nitrogens with zero attached hydrogens (tertiary/aromatic N) is 1. The van der Waals surface area contributed by atoms with Crippen LogP contribution in [0.1, 0.15) is 40.5 Å². The lowest BCUT2D eigenvalue weighted by molar-refractivity contribution is 0.160. The van der Waals surface area contributed by atoms with Crippen molar-refractivity contribution in [2.45, 2.75) is 52.6 Å². The first-order valence-corrected chi connectivity index (χ1v) is 6.78. The van der Waals surface area contributed by atoms with Gasteiger partial charge in [-0.15, -0.1) is 0 Å². The number of urea groups is 1. The zero-order valence-corrected chi connectivity index (χ0v) is 11.6. The Kier molecular flexibility index (Phi) is 5.75. The molecular formula is C13H27N3O. The van der Waals surface area contributed by atoms with Gasteiger partial charge in [-0.3, -0.25) is 0 Å². The molecule has 0 unspecified atom stereocenters. The molecule has 1 aliphatic heterocycles. The molecule has 4 heteroatoms. The maximum absolute atomic E-state index is 12.1. The summed E-state index contributed by atoms with van der Waals surface area (Å²) in [5.41, 5.74) is 0. The summed E-state index contributed by atoms with van der Waals surface area (Å²) in [6.45, 7) is 11.2. The van der Waals surface area contributed by atoms with Crippen molar-refractivity contribution in [3.63, 3.8) is 0 Å². The summed E-state index contributed by atoms with van der Waals surface area (Å²) in [7, 11) is 0. The molecule has 0 saturated carbocycles. The monoisotopic (exact) mass is 241 g/mol. The predicted octanol–water partition coefficient (Wildman–Crippen LogP) is 1.81. The van der Waals surface area contributed by atoms with Gasteiger partial charge in [0, 0.05) is 18.6 Å². The van der Waals surface area contributed by atoms with Crippen LogP contribution in [-0.4, -0.2) is 42.6 Å². The van der Waals surface area contributed by atoms with Crippen molar-refractivity contribution in [3.05, 3.63) is 0 Å². The molecule has 0 radical (unpaired) electrons. The summed E-state index contributed by atoms with van der Waals surface area (Å²) in [6, 6.07) is 0.550. The van der Waals surface area contributed by atoms with E-state index in [0.29, 0.717) is 5.92 Å². The highest BCUT2D eigenvalue weighted by atomic mass is 16.2. The number of amides is 2. The highest BCUT2D eigenvalue weighted by Gasteiger charge is 2.22. The molecule has 1 heterocycles. The first-order chi connectivity index (χ1) is 8.00. The van der Waals surface area contributed by atoms with Crippen LogP contribution in [0.15, 0.2) is 0 Å². The van der Waals surface area contributed by atoms with E-state index in [9.17, 15) is 4.79 Å². The maximum Gasteiger partial charge on any atom is 0.317 e. The van der Waals surface area contributed by atoms with Crippen LogP contribution in [0.4, 0.5) is 4.79 Å². The molecule has 0 aromatic carbocycles. The highest BCUT2D eigenvalue weighted by Crippen LogP contribution is 2.15. The lowest BCUT2D eigenvalue weighted by atomic mass is 9.97. The van der Waals surface area contributed by atoms with Crippen molar-refractivity contribution < 1.29 is 4.79 Å². The van der Waals surface area contributed by atoms with Gasteiger partial charge in [-0.25, -0.2) is 4.79 Å². The number of nitrogens with one attached hydrogen (secondary N) is 2. The minimum atomic E-state index is 0.0773. The minimum absolute atomic E-state index is 0.0773. The summed E-state index contributed by atoms with van der Waals surface area (Å²) in [6.07, 6.45) is 2.36. The van der Waals surface area contributed by atoms with Gasteiger partial charge in [0.25, 0.3) is 0 Å². The van der Waals surface area contributed by atoms with Gasteiger partial charge < -0.3 is 15.5 Å². The van der Waals surface area contributed by atoms with Crippen LogP contribution in [0.5, 0.6) is 0 Å².